The molecule has 0 aliphatic rings. The first-order valence-corrected chi connectivity index (χ1v) is 13.8. The van der Waals surface area contributed by atoms with Gasteiger partial charge in [-0.05, 0) is 0 Å². The third kappa shape index (κ3) is 3.70. The molecule has 1 N–H and O–H groups in total. The van der Waals surface area contributed by atoms with Gasteiger partial charge in [0.25, 0.3) is 0 Å². The first kappa shape index (κ1) is 16.4. The fourth-order valence-electron chi connectivity index (χ4n) is 1.38. The van der Waals surface area contributed by atoms with Gasteiger partial charge in [0.2, 0.25) is 0 Å². The number of aliphatic hydroxyl groups is 1. The van der Waals surface area contributed by atoms with Crippen LogP contribution in [0.3, 0.4) is 0 Å². The van der Waals surface area contributed by atoms with Crippen LogP contribution in [0.4, 0.5) is 0 Å². The summed E-state index contributed by atoms with van der Waals surface area (Å²) in [6.07, 6.45) is 0. The SMILES string of the molecule is COc1ccc([Te](Cl)(Cl)/C(=C\Cl)C(C)(C)O)cc1. The van der Waals surface area contributed by atoms with Gasteiger partial charge in [-0.2, -0.15) is 0 Å². The summed E-state index contributed by atoms with van der Waals surface area (Å²) in [4.78, 5) is 0. The third-order valence-corrected chi connectivity index (χ3v) is 13.4. The number of ether oxygens (including phenoxy) is 1. The molecule has 1 aromatic carbocycles. The topological polar surface area (TPSA) is 29.5 Å². The van der Waals surface area contributed by atoms with E-state index in [4.69, 9.17) is 34.3 Å². The predicted octanol–water partition coefficient (Wildman–Crippen LogP) is 3.25. The maximum atomic E-state index is 10.1. The minimum absolute atomic E-state index is 0.500. The summed E-state index contributed by atoms with van der Waals surface area (Å²) in [5.74, 6) is 0.727. The van der Waals surface area contributed by atoms with Crippen LogP contribution in [0.15, 0.2) is 33.4 Å². The molecule has 1 rings (SSSR count). The molecule has 0 unspecified atom stereocenters. The Morgan fingerprint density at radius 2 is 1.78 bits per heavy atom. The van der Waals surface area contributed by atoms with E-state index in [1.807, 2.05) is 12.1 Å². The van der Waals surface area contributed by atoms with Crippen LogP contribution in [0.2, 0.25) is 0 Å². The zero-order valence-electron chi connectivity index (χ0n) is 10.3. The van der Waals surface area contributed by atoms with E-state index in [0.29, 0.717) is 3.62 Å². The Morgan fingerprint density at radius 1 is 1.28 bits per heavy atom. The van der Waals surface area contributed by atoms with Crippen LogP contribution in [0.25, 0.3) is 0 Å². The molecule has 0 aliphatic carbocycles. The van der Waals surface area contributed by atoms with Crippen molar-refractivity contribution in [3.8, 4) is 5.75 Å². The van der Waals surface area contributed by atoms with E-state index < -0.39 is 21.5 Å². The van der Waals surface area contributed by atoms with Crippen LogP contribution in [0.1, 0.15) is 13.8 Å². The molecule has 0 heterocycles. The second-order valence-corrected chi connectivity index (χ2v) is 16.9. The Labute approximate surface area is 124 Å². The van der Waals surface area contributed by atoms with Gasteiger partial charge in [0.05, 0.1) is 0 Å². The maximum absolute atomic E-state index is 10.1. The molecule has 2 nitrogen and oxygen atoms in total. The van der Waals surface area contributed by atoms with Crippen molar-refractivity contribution in [3.63, 3.8) is 0 Å². The van der Waals surface area contributed by atoms with Crippen molar-refractivity contribution in [2.24, 2.45) is 0 Å². The van der Waals surface area contributed by atoms with E-state index in [-0.39, 0.29) is 0 Å². The zero-order chi connectivity index (χ0) is 14.0. The van der Waals surface area contributed by atoms with Crippen molar-refractivity contribution in [3.05, 3.63) is 33.4 Å². The minimum atomic E-state index is -3.61. The van der Waals surface area contributed by atoms with Crippen LogP contribution < -0.4 is 8.35 Å². The molecule has 0 saturated heterocycles. The second-order valence-electron chi connectivity index (χ2n) is 4.18. The second kappa shape index (κ2) is 6.22. The molecule has 0 atom stereocenters. The number of methoxy groups -OCH3 is 1. The molecule has 0 aromatic heterocycles. The zero-order valence-corrected chi connectivity index (χ0v) is 14.9. The van der Waals surface area contributed by atoms with Crippen molar-refractivity contribution in [2.45, 2.75) is 19.4 Å². The molecule has 0 radical (unpaired) electrons. The van der Waals surface area contributed by atoms with Gasteiger partial charge < -0.3 is 0 Å². The fourth-order valence-corrected chi connectivity index (χ4v) is 11.9. The summed E-state index contributed by atoms with van der Waals surface area (Å²) in [6, 6.07) is 7.20. The van der Waals surface area contributed by atoms with Crippen LogP contribution >= 0.6 is 29.5 Å². The standard InChI is InChI=1S/C12H15Cl3O2Te/c1-12(2,16)11(8-13)18(14,15)10-6-4-9(17-3)5-7-10/h4-8,16H,1-3H3/b11-8-. The van der Waals surface area contributed by atoms with E-state index in [1.165, 1.54) is 5.54 Å². The Balaban J connectivity index is 3.19. The molecule has 1 aromatic rings. The van der Waals surface area contributed by atoms with E-state index >= 15 is 0 Å². The average molecular weight is 425 g/mol. The quantitative estimate of drug-likeness (QED) is 0.751. The Bertz CT molecular complexity index is 436. The van der Waals surface area contributed by atoms with Gasteiger partial charge in [0.1, 0.15) is 0 Å². The molecule has 6 heteroatoms. The van der Waals surface area contributed by atoms with Crippen LogP contribution in [0, 0.1) is 0 Å². The fraction of sp³-hybridized carbons (Fsp3) is 0.333. The Morgan fingerprint density at radius 3 is 2.11 bits per heavy atom. The van der Waals surface area contributed by atoms with Crippen molar-refractivity contribution < 1.29 is 9.84 Å². The Kier molecular flexibility index (Phi) is 5.68. The molecular weight excluding hydrogens is 410 g/mol. The molecule has 0 aliphatic heterocycles. The van der Waals surface area contributed by atoms with Crippen molar-refractivity contribution in [2.75, 3.05) is 7.11 Å². The molecule has 0 spiro atoms. The van der Waals surface area contributed by atoms with Gasteiger partial charge in [-0.25, -0.2) is 0 Å². The van der Waals surface area contributed by atoms with Gasteiger partial charge >= 0.3 is 125 Å². The summed E-state index contributed by atoms with van der Waals surface area (Å²) in [5.41, 5.74) is 0.164. The number of hydrogen-bond donors (Lipinski definition) is 1. The summed E-state index contributed by atoms with van der Waals surface area (Å²) < 4.78 is 6.38. The summed E-state index contributed by atoms with van der Waals surface area (Å²) >= 11 is 2.17. The van der Waals surface area contributed by atoms with Gasteiger partial charge in [-0.1, -0.05) is 0 Å². The van der Waals surface area contributed by atoms with Crippen LogP contribution in [-0.2, 0) is 0 Å². The first-order chi connectivity index (χ1) is 8.23. The normalized spacial score (nSPS) is 14.5. The summed E-state index contributed by atoms with van der Waals surface area (Å²) in [7, 11) is 14.6. The van der Waals surface area contributed by atoms with Crippen LogP contribution in [0.5, 0.6) is 5.75 Å². The molecule has 0 fully saturated rings. The van der Waals surface area contributed by atoms with E-state index in [9.17, 15) is 5.11 Å². The molecular formula is C12H15Cl3O2Te. The number of hydrogen-bond acceptors (Lipinski definition) is 2. The van der Waals surface area contributed by atoms with Crippen molar-refractivity contribution in [1.29, 1.82) is 0 Å². The predicted molar refractivity (Wildman–Crippen MR) is 80.3 cm³/mol. The average Bonchev–Trinajstić information content (AvgIpc) is 2.27. The van der Waals surface area contributed by atoms with Gasteiger partial charge in [-0.15, -0.1) is 0 Å². The Hall–Kier alpha value is 0.380. The summed E-state index contributed by atoms with van der Waals surface area (Å²) in [5, 5.41) is 10.1. The summed E-state index contributed by atoms with van der Waals surface area (Å²) in [6.45, 7) is 3.24. The van der Waals surface area contributed by atoms with Crippen molar-refractivity contribution >= 4 is 49.1 Å². The van der Waals surface area contributed by atoms with Crippen molar-refractivity contribution in [1.82, 2.24) is 0 Å². The first-order valence-electron chi connectivity index (χ1n) is 5.13. The van der Waals surface area contributed by atoms with Crippen LogP contribution in [-0.4, -0.2) is 33.8 Å². The molecule has 18 heavy (non-hydrogen) atoms. The van der Waals surface area contributed by atoms with E-state index in [1.54, 1.807) is 33.1 Å². The molecule has 0 amide bonds. The van der Waals surface area contributed by atoms with Gasteiger partial charge in [0.15, 0.2) is 0 Å². The number of benzene rings is 1. The van der Waals surface area contributed by atoms with Gasteiger partial charge in [-0.3, -0.25) is 0 Å². The number of rotatable bonds is 4. The monoisotopic (exact) mass is 426 g/mol. The molecule has 0 saturated carbocycles. The van der Waals surface area contributed by atoms with Gasteiger partial charge in [0, 0.05) is 0 Å². The van der Waals surface area contributed by atoms with E-state index in [2.05, 4.69) is 0 Å². The number of halogens is 3. The molecule has 0 bridgehead atoms. The van der Waals surface area contributed by atoms with E-state index in [0.717, 1.165) is 9.36 Å². The molecule has 102 valence electrons. The third-order valence-electron chi connectivity index (χ3n) is 2.33.